The molecule has 0 unspecified atom stereocenters. The molecule has 0 fully saturated rings. The van der Waals surface area contributed by atoms with E-state index < -0.39 is 10.8 Å². The Labute approximate surface area is 194 Å². The second-order valence-electron chi connectivity index (χ2n) is 7.12. The predicted octanol–water partition coefficient (Wildman–Crippen LogP) is 5.74. The molecule has 0 radical (unpaired) electrons. The molecule has 0 spiro atoms. The number of hydrogen-bond acceptors (Lipinski definition) is 5. The fraction of sp³-hybridized carbons (Fsp3) is 0.0400. The molecular formula is C25H18ClN3O4. The smallest absolute Gasteiger partial charge is 0.271 e. The van der Waals surface area contributed by atoms with Gasteiger partial charge in [-0.3, -0.25) is 14.9 Å². The van der Waals surface area contributed by atoms with Crippen LogP contribution in [0.3, 0.4) is 0 Å². The topological polar surface area (TPSA) is 93.8 Å². The first kappa shape index (κ1) is 22.0. The lowest BCUT2D eigenvalue weighted by Gasteiger charge is -2.12. The number of hydrazone groups is 1. The van der Waals surface area contributed by atoms with E-state index in [-0.39, 0.29) is 11.3 Å². The molecule has 4 rings (SSSR count). The predicted molar refractivity (Wildman–Crippen MR) is 128 cm³/mol. The van der Waals surface area contributed by atoms with Gasteiger partial charge in [-0.25, -0.2) is 5.43 Å². The molecule has 1 N–H and O–H groups in total. The van der Waals surface area contributed by atoms with Crippen molar-refractivity contribution in [2.24, 2.45) is 5.10 Å². The van der Waals surface area contributed by atoms with Gasteiger partial charge in [-0.05, 0) is 40.6 Å². The fourth-order valence-corrected chi connectivity index (χ4v) is 3.38. The Morgan fingerprint density at radius 2 is 1.82 bits per heavy atom. The number of carbonyl (C=O) groups excluding carboxylic acids is 1. The summed E-state index contributed by atoms with van der Waals surface area (Å²) >= 11 is 5.94. The lowest BCUT2D eigenvalue weighted by Crippen LogP contribution is -2.17. The number of rotatable bonds is 7. The van der Waals surface area contributed by atoms with Crippen LogP contribution in [0.4, 0.5) is 5.69 Å². The molecule has 0 aliphatic heterocycles. The van der Waals surface area contributed by atoms with Crippen LogP contribution in [0.2, 0.25) is 5.02 Å². The van der Waals surface area contributed by atoms with Crippen molar-refractivity contribution in [3.63, 3.8) is 0 Å². The zero-order valence-electron chi connectivity index (χ0n) is 17.3. The summed E-state index contributed by atoms with van der Waals surface area (Å²) in [5.41, 5.74) is 4.04. The minimum absolute atomic E-state index is 0.137. The highest BCUT2D eigenvalue weighted by Crippen LogP contribution is 2.27. The average Bonchev–Trinajstić information content (AvgIpc) is 2.84. The number of nitro groups is 1. The molecule has 0 bridgehead atoms. The Morgan fingerprint density at radius 3 is 2.61 bits per heavy atom. The van der Waals surface area contributed by atoms with Crippen LogP contribution in [-0.2, 0) is 6.61 Å². The van der Waals surface area contributed by atoms with Gasteiger partial charge in [-0.1, -0.05) is 60.1 Å². The van der Waals surface area contributed by atoms with Crippen LogP contribution in [-0.4, -0.2) is 17.0 Å². The third kappa shape index (κ3) is 5.34. The van der Waals surface area contributed by atoms with Crippen LogP contribution in [0.5, 0.6) is 5.75 Å². The number of ether oxygens (including phenoxy) is 1. The molecular weight excluding hydrogens is 442 g/mol. The molecule has 0 saturated heterocycles. The Hall–Kier alpha value is -4.23. The third-order valence-corrected chi connectivity index (χ3v) is 5.17. The van der Waals surface area contributed by atoms with Crippen molar-refractivity contribution >= 4 is 40.2 Å². The second kappa shape index (κ2) is 9.93. The number of hydrogen-bond donors (Lipinski definition) is 1. The van der Waals surface area contributed by atoms with Gasteiger partial charge in [0.2, 0.25) is 0 Å². The van der Waals surface area contributed by atoms with E-state index in [1.54, 1.807) is 12.1 Å². The SMILES string of the molecule is O=C(N/N=C\c1c(OCc2ccc(Cl)cc2)ccc2ccccc12)c1cccc([N+](=O)[O-])c1. The Morgan fingerprint density at radius 1 is 1.03 bits per heavy atom. The van der Waals surface area contributed by atoms with Crippen LogP contribution in [0.25, 0.3) is 10.8 Å². The normalized spacial score (nSPS) is 10.9. The number of halogens is 1. The molecule has 4 aromatic rings. The van der Waals surface area contributed by atoms with E-state index in [9.17, 15) is 14.9 Å². The zero-order valence-corrected chi connectivity index (χ0v) is 18.0. The van der Waals surface area contributed by atoms with Gasteiger partial charge in [0.05, 0.1) is 11.1 Å². The summed E-state index contributed by atoms with van der Waals surface area (Å²) in [7, 11) is 0. The molecule has 4 aromatic carbocycles. The van der Waals surface area contributed by atoms with Crippen LogP contribution in [0, 0.1) is 10.1 Å². The van der Waals surface area contributed by atoms with Crippen molar-refractivity contribution in [2.45, 2.75) is 6.61 Å². The summed E-state index contributed by atoms with van der Waals surface area (Å²) in [5, 5.41) is 17.6. The van der Waals surface area contributed by atoms with Gasteiger partial charge in [0.15, 0.2) is 0 Å². The van der Waals surface area contributed by atoms with Gasteiger partial charge in [0.25, 0.3) is 11.6 Å². The number of non-ortho nitro benzene ring substituents is 1. The average molecular weight is 460 g/mol. The van der Waals surface area contributed by atoms with Crippen molar-refractivity contribution in [1.82, 2.24) is 5.43 Å². The largest absolute Gasteiger partial charge is 0.488 e. The number of carbonyl (C=O) groups is 1. The van der Waals surface area contributed by atoms with Gasteiger partial charge in [-0.15, -0.1) is 0 Å². The summed E-state index contributed by atoms with van der Waals surface area (Å²) in [4.78, 5) is 22.8. The van der Waals surface area contributed by atoms with E-state index in [0.29, 0.717) is 22.9 Å². The summed E-state index contributed by atoms with van der Waals surface area (Å²) in [6.45, 7) is 0.330. The van der Waals surface area contributed by atoms with Gasteiger partial charge < -0.3 is 4.74 Å². The van der Waals surface area contributed by atoms with E-state index in [1.807, 2.05) is 48.5 Å². The van der Waals surface area contributed by atoms with Crippen LogP contribution in [0.1, 0.15) is 21.5 Å². The first-order valence-corrected chi connectivity index (χ1v) is 10.4. The first-order chi connectivity index (χ1) is 16.0. The molecule has 8 heteroatoms. The maximum absolute atomic E-state index is 12.4. The molecule has 164 valence electrons. The monoisotopic (exact) mass is 459 g/mol. The van der Waals surface area contributed by atoms with Gasteiger partial charge in [0, 0.05) is 28.3 Å². The first-order valence-electron chi connectivity index (χ1n) is 9.98. The number of fused-ring (bicyclic) bond motifs is 1. The molecule has 0 aliphatic rings. The maximum Gasteiger partial charge on any atom is 0.271 e. The maximum atomic E-state index is 12.4. The quantitative estimate of drug-likeness (QED) is 0.216. The van der Waals surface area contributed by atoms with Crippen molar-refractivity contribution in [3.05, 3.63) is 117 Å². The lowest BCUT2D eigenvalue weighted by atomic mass is 10.0. The van der Waals surface area contributed by atoms with E-state index in [1.165, 1.54) is 30.5 Å². The summed E-state index contributed by atoms with van der Waals surface area (Å²) in [6, 6.07) is 24.4. The number of amides is 1. The summed E-state index contributed by atoms with van der Waals surface area (Å²) < 4.78 is 6.03. The summed E-state index contributed by atoms with van der Waals surface area (Å²) in [6.07, 6.45) is 1.51. The standard InChI is InChI=1S/C25H18ClN3O4/c26-20-11-8-17(9-12-20)16-33-24-13-10-18-4-1-2-7-22(18)23(24)15-27-28-25(30)19-5-3-6-21(14-19)29(31)32/h1-15H,16H2,(H,28,30)/b27-15-. The van der Waals surface area contributed by atoms with Gasteiger partial charge >= 0.3 is 0 Å². The third-order valence-electron chi connectivity index (χ3n) is 4.92. The van der Waals surface area contributed by atoms with Gasteiger partial charge in [-0.2, -0.15) is 5.10 Å². The van der Waals surface area contributed by atoms with Crippen molar-refractivity contribution < 1.29 is 14.5 Å². The van der Waals surface area contributed by atoms with E-state index in [4.69, 9.17) is 16.3 Å². The van der Waals surface area contributed by atoms with Gasteiger partial charge in [0.1, 0.15) is 12.4 Å². The molecule has 33 heavy (non-hydrogen) atoms. The second-order valence-corrected chi connectivity index (χ2v) is 7.56. The summed E-state index contributed by atoms with van der Waals surface area (Å²) in [5.74, 6) is 0.0378. The fourth-order valence-electron chi connectivity index (χ4n) is 3.26. The van der Waals surface area contributed by atoms with E-state index in [0.717, 1.165) is 16.3 Å². The molecule has 0 saturated carbocycles. The van der Waals surface area contributed by atoms with Crippen LogP contribution in [0.15, 0.2) is 90.0 Å². The van der Waals surface area contributed by atoms with Crippen LogP contribution >= 0.6 is 11.6 Å². The van der Waals surface area contributed by atoms with Crippen molar-refractivity contribution in [2.75, 3.05) is 0 Å². The van der Waals surface area contributed by atoms with Crippen molar-refractivity contribution in [3.8, 4) is 5.75 Å². The molecule has 1 amide bonds. The van der Waals surface area contributed by atoms with E-state index in [2.05, 4.69) is 10.5 Å². The molecule has 7 nitrogen and oxygen atoms in total. The number of nitrogens with zero attached hydrogens (tertiary/aromatic N) is 2. The Kier molecular flexibility index (Phi) is 6.61. The minimum atomic E-state index is -0.557. The Bertz CT molecular complexity index is 1350. The van der Waals surface area contributed by atoms with Crippen LogP contribution < -0.4 is 10.2 Å². The number of nitro benzene ring substituents is 1. The highest BCUT2D eigenvalue weighted by atomic mass is 35.5. The molecule has 0 aromatic heterocycles. The van der Waals surface area contributed by atoms with Crippen molar-refractivity contribution in [1.29, 1.82) is 0 Å². The highest BCUT2D eigenvalue weighted by molar-refractivity contribution is 6.30. The van der Waals surface area contributed by atoms with E-state index >= 15 is 0 Å². The highest BCUT2D eigenvalue weighted by Gasteiger charge is 2.12. The number of benzene rings is 4. The Balaban J connectivity index is 1.57. The molecule has 0 atom stereocenters. The lowest BCUT2D eigenvalue weighted by molar-refractivity contribution is -0.384. The minimum Gasteiger partial charge on any atom is -0.488 e. The molecule has 0 aliphatic carbocycles. The zero-order chi connectivity index (χ0) is 23.2. The number of nitrogens with one attached hydrogen (secondary N) is 1. The molecule has 0 heterocycles.